The van der Waals surface area contributed by atoms with Crippen LogP contribution in [-0.2, 0) is 10.2 Å². The van der Waals surface area contributed by atoms with Crippen molar-refractivity contribution < 1.29 is 19.1 Å². The fourth-order valence-electron chi connectivity index (χ4n) is 2.68. The standard InChI is InChI=1S/C16H20ClFN2O3/c1-16(2,11-4-3-5-12(17)13(11)18)9-19-15(23)20-7-6-10(8-20)14(21)22/h3-5,10H,6-9H2,1-2H3,(H,19,23)(H,21,22). The number of hydrogen-bond acceptors (Lipinski definition) is 2. The van der Waals surface area contributed by atoms with Gasteiger partial charge in [0.2, 0.25) is 0 Å². The summed E-state index contributed by atoms with van der Waals surface area (Å²) < 4.78 is 14.1. The van der Waals surface area contributed by atoms with E-state index in [2.05, 4.69) is 5.32 Å². The second-order valence-electron chi connectivity index (χ2n) is 6.41. The molecule has 1 unspecified atom stereocenters. The van der Waals surface area contributed by atoms with Gasteiger partial charge in [-0.05, 0) is 18.1 Å². The predicted octanol–water partition coefficient (Wildman–Crippen LogP) is 2.87. The maximum absolute atomic E-state index is 14.1. The van der Waals surface area contributed by atoms with Crippen molar-refractivity contribution in [3.63, 3.8) is 0 Å². The van der Waals surface area contributed by atoms with Crippen LogP contribution >= 0.6 is 11.6 Å². The fraction of sp³-hybridized carbons (Fsp3) is 0.500. The molecule has 0 bridgehead atoms. The average Bonchev–Trinajstić information content (AvgIpc) is 2.97. The molecule has 1 aliphatic heterocycles. The number of aliphatic carboxylic acids is 1. The highest BCUT2D eigenvalue weighted by molar-refractivity contribution is 6.30. The summed E-state index contributed by atoms with van der Waals surface area (Å²) in [6.07, 6.45) is 0.453. The van der Waals surface area contributed by atoms with Crippen molar-refractivity contribution in [2.24, 2.45) is 5.92 Å². The van der Waals surface area contributed by atoms with Gasteiger partial charge in [-0.2, -0.15) is 0 Å². The van der Waals surface area contributed by atoms with Crippen molar-refractivity contribution in [3.8, 4) is 0 Å². The normalized spacial score (nSPS) is 18.1. The Balaban J connectivity index is 1.98. The maximum Gasteiger partial charge on any atom is 0.317 e. The second kappa shape index (κ2) is 6.74. The summed E-state index contributed by atoms with van der Waals surface area (Å²) in [7, 11) is 0. The van der Waals surface area contributed by atoms with Crippen LogP contribution in [0.4, 0.5) is 9.18 Å². The van der Waals surface area contributed by atoms with E-state index in [-0.39, 0.29) is 24.1 Å². The van der Waals surface area contributed by atoms with Crippen molar-refractivity contribution in [1.82, 2.24) is 10.2 Å². The molecule has 2 rings (SSSR count). The van der Waals surface area contributed by atoms with E-state index in [0.29, 0.717) is 18.5 Å². The molecule has 1 aromatic rings. The van der Waals surface area contributed by atoms with Crippen molar-refractivity contribution in [2.45, 2.75) is 25.7 Å². The van der Waals surface area contributed by atoms with Crippen molar-refractivity contribution >= 4 is 23.6 Å². The minimum atomic E-state index is -0.887. The van der Waals surface area contributed by atoms with Gasteiger partial charge < -0.3 is 15.3 Å². The van der Waals surface area contributed by atoms with E-state index in [1.807, 2.05) is 13.8 Å². The van der Waals surface area contributed by atoms with Gasteiger partial charge in [0.05, 0.1) is 10.9 Å². The first kappa shape index (κ1) is 17.5. The molecule has 7 heteroatoms. The fourth-order valence-corrected chi connectivity index (χ4v) is 2.85. The Morgan fingerprint density at radius 3 is 2.78 bits per heavy atom. The summed E-state index contributed by atoms with van der Waals surface area (Å²) in [6, 6.07) is 4.46. The molecule has 1 heterocycles. The molecule has 2 amide bonds. The largest absolute Gasteiger partial charge is 0.481 e. The number of carboxylic acids is 1. The monoisotopic (exact) mass is 342 g/mol. The van der Waals surface area contributed by atoms with Gasteiger partial charge in [-0.3, -0.25) is 4.79 Å². The molecule has 1 fully saturated rings. The highest BCUT2D eigenvalue weighted by Crippen LogP contribution is 2.29. The minimum Gasteiger partial charge on any atom is -0.481 e. The Kier molecular flexibility index (Phi) is 5.14. The summed E-state index contributed by atoms with van der Waals surface area (Å²) in [6.45, 7) is 4.46. The first-order valence-corrected chi connectivity index (χ1v) is 7.80. The van der Waals surface area contributed by atoms with Crippen LogP contribution in [-0.4, -0.2) is 41.6 Å². The lowest BCUT2D eigenvalue weighted by molar-refractivity contribution is -0.141. The summed E-state index contributed by atoms with van der Waals surface area (Å²) >= 11 is 5.81. The molecule has 1 aromatic carbocycles. The van der Waals surface area contributed by atoms with Crippen LogP contribution < -0.4 is 5.32 Å². The van der Waals surface area contributed by atoms with Gasteiger partial charge in [0.1, 0.15) is 5.82 Å². The number of amides is 2. The number of carbonyl (C=O) groups excluding carboxylic acids is 1. The van der Waals surface area contributed by atoms with Gasteiger partial charge in [-0.1, -0.05) is 37.6 Å². The lowest BCUT2D eigenvalue weighted by atomic mass is 9.84. The Labute approximate surface area is 139 Å². The minimum absolute atomic E-state index is 0.0470. The predicted molar refractivity (Wildman–Crippen MR) is 85.2 cm³/mol. The number of hydrogen-bond donors (Lipinski definition) is 2. The molecule has 2 N–H and O–H groups in total. The molecule has 0 radical (unpaired) electrons. The van der Waals surface area contributed by atoms with E-state index in [1.165, 1.54) is 11.0 Å². The number of carboxylic acid groups (broad SMARTS) is 1. The second-order valence-corrected chi connectivity index (χ2v) is 6.82. The highest BCUT2D eigenvalue weighted by atomic mass is 35.5. The Bertz CT molecular complexity index is 621. The van der Waals surface area contributed by atoms with Gasteiger partial charge >= 0.3 is 12.0 Å². The van der Waals surface area contributed by atoms with Gasteiger partial charge in [0, 0.05) is 25.0 Å². The van der Waals surface area contributed by atoms with Gasteiger partial charge in [-0.25, -0.2) is 9.18 Å². The molecule has 0 saturated carbocycles. The van der Waals surface area contributed by atoms with Crippen molar-refractivity contribution in [3.05, 3.63) is 34.6 Å². The van der Waals surface area contributed by atoms with Crippen LogP contribution in [0, 0.1) is 11.7 Å². The topological polar surface area (TPSA) is 69.6 Å². The van der Waals surface area contributed by atoms with E-state index in [9.17, 15) is 14.0 Å². The van der Waals surface area contributed by atoms with E-state index >= 15 is 0 Å². The molecule has 1 saturated heterocycles. The number of likely N-dealkylation sites (tertiary alicyclic amines) is 1. The van der Waals surface area contributed by atoms with E-state index < -0.39 is 23.1 Å². The molecule has 1 aliphatic rings. The average molecular weight is 343 g/mol. The van der Waals surface area contributed by atoms with Gasteiger partial charge in [-0.15, -0.1) is 0 Å². The molecular formula is C16H20ClFN2O3. The third-order valence-corrected chi connectivity index (χ3v) is 4.48. The number of nitrogens with one attached hydrogen (secondary N) is 1. The number of halogens is 2. The van der Waals surface area contributed by atoms with E-state index in [0.717, 1.165) is 0 Å². The van der Waals surface area contributed by atoms with Gasteiger partial charge in [0.25, 0.3) is 0 Å². The Morgan fingerprint density at radius 2 is 2.17 bits per heavy atom. The molecule has 0 aromatic heterocycles. The number of urea groups is 1. The molecule has 0 spiro atoms. The third-order valence-electron chi connectivity index (χ3n) is 4.19. The van der Waals surface area contributed by atoms with Crippen LogP contribution in [0.2, 0.25) is 5.02 Å². The van der Waals surface area contributed by atoms with E-state index in [4.69, 9.17) is 16.7 Å². The zero-order valence-electron chi connectivity index (χ0n) is 13.1. The Morgan fingerprint density at radius 1 is 1.48 bits per heavy atom. The molecular weight excluding hydrogens is 323 g/mol. The molecule has 0 aliphatic carbocycles. The summed E-state index contributed by atoms with van der Waals surface area (Å²) in [5.74, 6) is -1.89. The van der Waals surface area contributed by atoms with Gasteiger partial charge in [0.15, 0.2) is 0 Å². The van der Waals surface area contributed by atoms with Crippen LogP contribution in [0.5, 0.6) is 0 Å². The van der Waals surface area contributed by atoms with Crippen molar-refractivity contribution in [2.75, 3.05) is 19.6 Å². The molecule has 1 atom stereocenters. The smallest absolute Gasteiger partial charge is 0.317 e. The summed E-state index contributed by atoms with van der Waals surface area (Å²) in [4.78, 5) is 24.5. The first-order valence-electron chi connectivity index (χ1n) is 7.42. The molecule has 126 valence electrons. The summed E-state index contributed by atoms with van der Waals surface area (Å²) in [5, 5.41) is 11.8. The highest BCUT2D eigenvalue weighted by Gasteiger charge is 2.32. The van der Waals surface area contributed by atoms with Crippen molar-refractivity contribution in [1.29, 1.82) is 0 Å². The zero-order chi connectivity index (χ0) is 17.2. The van der Waals surface area contributed by atoms with Crippen LogP contribution in [0.15, 0.2) is 18.2 Å². The third kappa shape index (κ3) is 3.93. The number of benzene rings is 1. The quantitative estimate of drug-likeness (QED) is 0.884. The van der Waals surface area contributed by atoms with Crippen LogP contribution in [0.1, 0.15) is 25.8 Å². The lowest BCUT2D eigenvalue weighted by Crippen LogP contribution is -2.44. The zero-order valence-corrected chi connectivity index (χ0v) is 13.9. The van der Waals surface area contributed by atoms with E-state index in [1.54, 1.807) is 12.1 Å². The Hall–Kier alpha value is -1.82. The lowest BCUT2D eigenvalue weighted by Gasteiger charge is -2.28. The number of rotatable bonds is 4. The first-order chi connectivity index (χ1) is 10.7. The maximum atomic E-state index is 14.1. The SMILES string of the molecule is CC(C)(CNC(=O)N1CCC(C(=O)O)C1)c1cccc(Cl)c1F. The van der Waals surface area contributed by atoms with Crippen LogP contribution in [0.25, 0.3) is 0 Å². The molecule has 23 heavy (non-hydrogen) atoms. The number of carbonyl (C=O) groups is 2. The molecule has 5 nitrogen and oxygen atoms in total. The number of nitrogens with zero attached hydrogens (tertiary/aromatic N) is 1. The summed E-state index contributed by atoms with van der Waals surface area (Å²) in [5.41, 5.74) is -0.216. The van der Waals surface area contributed by atoms with Crippen LogP contribution in [0.3, 0.4) is 0 Å².